The van der Waals surface area contributed by atoms with Crippen LogP contribution in [-0.4, -0.2) is 33.7 Å². The number of hydrogen-bond acceptors (Lipinski definition) is 3. The lowest BCUT2D eigenvalue weighted by Crippen LogP contribution is -2.39. The molecule has 0 saturated heterocycles. The summed E-state index contributed by atoms with van der Waals surface area (Å²) in [5.74, 6) is -0.0902. The summed E-state index contributed by atoms with van der Waals surface area (Å²) in [7, 11) is 0. The van der Waals surface area contributed by atoms with E-state index in [9.17, 15) is 4.79 Å². The van der Waals surface area contributed by atoms with E-state index in [2.05, 4.69) is 10.3 Å². The number of nitrogens with one attached hydrogen (secondary N) is 1. The monoisotopic (exact) mass is 239 g/mol. The molecular weight excluding hydrogens is 218 g/mol. The summed E-state index contributed by atoms with van der Waals surface area (Å²) in [6, 6.07) is 0.0558. The highest BCUT2D eigenvalue weighted by molar-refractivity contribution is 5.77. The van der Waals surface area contributed by atoms with Gasteiger partial charge in [-0.2, -0.15) is 0 Å². The number of carbonyl (C=O) groups excluding carboxylic acids is 1. The smallest absolute Gasteiger partial charge is 0.246 e. The second-order valence-corrected chi connectivity index (χ2v) is 5.13. The molecule has 0 radical (unpaired) electrons. The topological polar surface area (TPSA) is 56.2 Å². The van der Waals surface area contributed by atoms with Crippen LogP contribution in [0, 0.1) is 0 Å². The Morgan fingerprint density at radius 3 is 2.76 bits per heavy atom. The summed E-state index contributed by atoms with van der Waals surface area (Å²) in [4.78, 5) is 15.5. The molecule has 1 atom stereocenters. The molecule has 0 fully saturated rings. The minimum Gasteiger partial charge on any atom is -0.366 e. The zero-order valence-corrected chi connectivity index (χ0v) is 10.9. The first-order valence-corrected chi connectivity index (χ1v) is 5.76. The quantitative estimate of drug-likeness (QED) is 0.840. The van der Waals surface area contributed by atoms with E-state index in [-0.39, 0.29) is 24.2 Å². The lowest BCUT2D eigenvalue weighted by molar-refractivity contribution is -0.131. The van der Waals surface area contributed by atoms with Gasteiger partial charge in [-0.3, -0.25) is 4.79 Å². The van der Waals surface area contributed by atoms with Crippen molar-refractivity contribution in [2.24, 2.45) is 0 Å². The molecule has 96 valence electrons. The summed E-state index contributed by atoms with van der Waals surface area (Å²) >= 11 is 0. The maximum absolute atomic E-state index is 11.6. The summed E-state index contributed by atoms with van der Waals surface area (Å²) in [5, 5.41) is 2.88. The molecule has 1 heterocycles. The predicted octanol–water partition coefficient (Wildman–Crippen LogP) is 1.20. The fourth-order valence-corrected chi connectivity index (χ4v) is 1.36. The molecule has 5 nitrogen and oxygen atoms in total. The summed E-state index contributed by atoms with van der Waals surface area (Å²) in [6.45, 7) is 8.54. The first-order valence-electron chi connectivity index (χ1n) is 5.76. The van der Waals surface area contributed by atoms with E-state index in [4.69, 9.17) is 4.74 Å². The first-order chi connectivity index (χ1) is 7.87. The Labute approximate surface area is 102 Å². The van der Waals surface area contributed by atoms with Gasteiger partial charge in [0.05, 0.1) is 11.9 Å². The van der Waals surface area contributed by atoms with E-state index in [1.807, 2.05) is 38.5 Å². The Kier molecular flexibility index (Phi) is 4.69. The highest BCUT2D eigenvalue weighted by Crippen LogP contribution is 2.05. The molecule has 0 aliphatic heterocycles. The fraction of sp³-hybridized carbons (Fsp3) is 0.667. The maximum atomic E-state index is 11.6. The molecule has 0 aromatic carbocycles. The van der Waals surface area contributed by atoms with Crippen molar-refractivity contribution in [3.63, 3.8) is 0 Å². The average Bonchev–Trinajstić information content (AvgIpc) is 2.66. The van der Waals surface area contributed by atoms with Crippen LogP contribution in [-0.2, 0) is 16.1 Å². The largest absolute Gasteiger partial charge is 0.366 e. The van der Waals surface area contributed by atoms with Crippen LogP contribution in [0.15, 0.2) is 18.7 Å². The van der Waals surface area contributed by atoms with E-state index < -0.39 is 0 Å². The Morgan fingerprint density at radius 1 is 1.53 bits per heavy atom. The van der Waals surface area contributed by atoms with Gasteiger partial charge in [0.25, 0.3) is 0 Å². The molecular formula is C12H21N3O2. The molecule has 1 amide bonds. The van der Waals surface area contributed by atoms with Crippen LogP contribution in [0.5, 0.6) is 0 Å². The third kappa shape index (κ3) is 6.06. The lowest BCUT2D eigenvalue weighted by atomic mass is 10.2. The van der Waals surface area contributed by atoms with Crippen molar-refractivity contribution in [3.05, 3.63) is 18.7 Å². The van der Waals surface area contributed by atoms with E-state index in [1.54, 1.807) is 12.5 Å². The molecule has 1 rings (SSSR count). The van der Waals surface area contributed by atoms with Crippen molar-refractivity contribution < 1.29 is 9.53 Å². The van der Waals surface area contributed by atoms with Crippen LogP contribution < -0.4 is 5.32 Å². The summed E-state index contributed by atoms with van der Waals surface area (Å²) in [6.07, 6.45) is 5.32. The first kappa shape index (κ1) is 13.7. The van der Waals surface area contributed by atoms with Crippen LogP contribution >= 0.6 is 0 Å². The number of amides is 1. The minimum atomic E-state index is -0.287. The molecule has 1 aromatic rings. The second kappa shape index (κ2) is 5.82. The predicted molar refractivity (Wildman–Crippen MR) is 65.5 cm³/mol. The molecule has 0 saturated carbocycles. The van der Waals surface area contributed by atoms with Crippen molar-refractivity contribution in [1.29, 1.82) is 0 Å². The molecule has 1 unspecified atom stereocenters. The molecule has 5 heteroatoms. The lowest BCUT2D eigenvalue weighted by Gasteiger charge is -2.20. The van der Waals surface area contributed by atoms with Crippen molar-refractivity contribution >= 4 is 5.91 Å². The van der Waals surface area contributed by atoms with Gasteiger partial charge in [0.15, 0.2) is 0 Å². The van der Waals surface area contributed by atoms with Crippen LogP contribution in [0.2, 0.25) is 0 Å². The van der Waals surface area contributed by atoms with Gasteiger partial charge >= 0.3 is 0 Å². The SMILES string of the molecule is CC(Cn1ccnc1)NC(=O)COC(C)(C)C. The number of rotatable bonds is 5. The van der Waals surface area contributed by atoms with Gasteiger partial charge in [-0.1, -0.05) is 0 Å². The molecule has 0 aliphatic carbocycles. The van der Waals surface area contributed by atoms with E-state index in [0.717, 1.165) is 0 Å². The van der Waals surface area contributed by atoms with E-state index in [1.165, 1.54) is 0 Å². The molecule has 17 heavy (non-hydrogen) atoms. The number of hydrogen-bond donors (Lipinski definition) is 1. The van der Waals surface area contributed by atoms with Gasteiger partial charge in [-0.15, -0.1) is 0 Å². The fourth-order valence-electron chi connectivity index (χ4n) is 1.36. The molecule has 0 aliphatic rings. The Bertz CT molecular complexity index is 341. The van der Waals surface area contributed by atoms with Gasteiger partial charge < -0.3 is 14.6 Å². The second-order valence-electron chi connectivity index (χ2n) is 5.13. The number of nitrogens with zero attached hydrogens (tertiary/aromatic N) is 2. The number of imidazole rings is 1. The Hall–Kier alpha value is -1.36. The van der Waals surface area contributed by atoms with E-state index >= 15 is 0 Å². The molecule has 0 bridgehead atoms. The molecule has 0 spiro atoms. The van der Waals surface area contributed by atoms with Crippen molar-refractivity contribution in [2.75, 3.05) is 6.61 Å². The van der Waals surface area contributed by atoms with Crippen LogP contribution in [0.3, 0.4) is 0 Å². The zero-order chi connectivity index (χ0) is 12.9. The number of carbonyl (C=O) groups is 1. The van der Waals surface area contributed by atoms with Crippen molar-refractivity contribution in [2.45, 2.75) is 45.9 Å². The van der Waals surface area contributed by atoms with Gasteiger partial charge in [-0.25, -0.2) is 4.98 Å². The average molecular weight is 239 g/mol. The maximum Gasteiger partial charge on any atom is 0.246 e. The third-order valence-electron chi connectivity index (χ3n) is 2.09. The van der Waals surface area contributed by atoms with Crippen molar-refractivity contribution in [1.82, 2.24) is 14.9 Å². The third-order valence-corrected chi connectivity index (χ3v) is 2.09. The van der Waals surface area contributed by atoms with E-state index in [0.29, 0.717) is 6.54 Å². The summed E-state index contributed by atoms with van der Waals surface area (Å²) < 4.78 is 7.32. The van der Waals surface area contributed by atoms with Gasteiger partial charge in [0, 0.05) is 25.0 Å². The highest BCUT2D eigenvalue weighted by Gasteiger charge is 2.14. The van der Waals surface area contributed by atoms with Gasteiger partial charge in [-0.05, 0) is 27.7 Å². The van der Waals surface area contributed by atoms with Gasteiger partial charge in [0.1, 0.15) is 6.61 Å². The highest BCUT2D eigenvalue weighted by atomic mass is 16.5. The van der Waals surface area contributed by atoms with Crippen LogP contribution in [0.1, 0.15) is 27.7 Å². The summed E-state index contributed by atoms with van der Waals surface area (Å²) in [5.41, 5.74) is -0.287. The Balaban J connectivity index is 2.26. The Morgan fingerprint density at radius 2 is 2.24 bits per heavy atom. The number of aromatic nitrogens is 2. The van der Waals surface area contributed by atoms with Crippen molar-refractivity contribution in [3.8, 4) is 0 Å². The molecule has 1 N–H and O–H groups in total. The zero-order valence-electron chi connectivity index (χ0n) is 10.9. The standard InChI is InChI=1S/C12H21N3O2/c1-10(7-15-6-5-13-9-15)14-11(16)8-17-12(2,3)4/h5-6,9-10H,7-8H2,1-4H3,(H,14,16). The molecule has 1 aromatic heterocycles. The minimum absolute atomic E-state index is 0.0558. The van der Waals surface area contributed by atoms with Gasteiger partial charge in [0.2, 0.25) is 5.91 Å². The van der Waals surface area contributed by atoms with Crippen LogP contribution in [0.25, 0.3) is 0 Å². The number of ether oxygens (including phenoxy) is 1. The van der Waals surface area contributed by atoms with Crippen LogP contribution in [0.4, 0.5) is 0 Å². The normalized spacial score (nSPS) is 13.4.